The number of carbonyl (C=O) groups is 2. The second-order valence-electron chi connectivity index (χ2n) is 4.21. The highest BCUT2D eigenvalue weighted by atomic mass is 16.5. The second kappa shape index (κ2) is 4.30. The fraction of sp³-hybridized carbons (Fsp3) is 0.385. The van der Waals surface area contributed by atoms with E-state index in [-0.39, 0.29) is 19.0 Å². The van der Waals surface area contributed by atoms with Crippen molar-refractivity contribution >= 4 is 11.8 Å². The topological polar surface area (TPSA) is 52.6 Å². The van der Waals surface area contributed by atoms with Crippen LogP contribution in [0.5, 0.6) is 0 Å². The predicted molar refractivity (Wildman–Crippen MR) is 60.8 cm³/mol. The molecule has 1 fully saturated rings. The van der Waals surface area contributed by atoms with E-state index in [0.29, 0.717) is 5.56 Å². The normalized spacial score (nSPS) is 17.1. The number of benzene rings is 1. The fourth-order valence-electron chi connectivity index (χ4n) is 1.93. The minimum atomic E-state index is -1.14. The summed E-state index contributed by atoms with van der Waals surface area (Å²) in [5.74, 6) is -0.731. The van der Waals surface area contributed by atoms with E-state index in [1.807, 2.05) is 19.1 Å². The maximum atomic E-state index is 12.4. The Morgan fingerprint density at radius 3 is 2.41 bits per heavy atom. The maximum Gasteiger partial charge on any atom is 0.324 e. The first-order chi connectivity index (χ1) is 8.12. The molecular formula is C13H14O4. The van der Waals surface area contributed by atoms with Gasteiger partial charge in [-0.1, -0.05) is 24.3 Å². The quantitative estimate of drug-likeness (QED) is 0.450. The van der Waals surface area contributed by atoms with Gasteiger partial charge in [-0.3, -0.25) is 9.59 Å². The smallest absolute Gasteiger partial charge is 0.324 e. The largest absolute Gasteiger partial charge is 0.468 e. The minimum Gasteiger partial charge on any atom is -0.468 e. The van der Waals surface area contributed by atoms with Crippen molar-refractivity contribution in [3.63, 3.8) is 0 Å². The zero-order valence-corrected chi connectivity index (χ0v) is 9.86. The zero-order chi connectivity index (χ0) is 12.5. The first kappa shape index (κ1) is 11.8. The molecule has 4 nitrogen and oxygen atoms in total. The number of ether oxygens (including phenoxy) is 2. The van der Waals surface area contributed by atoms with Crippen LogP contribution in [0.1, 0.15) is 15.9 Å². The van der Waals surface area contributed by atoms with E-state index in [2.05, 4.69) is 0 Å². The van der Waals surface area contributed by atoms with Crippen LogP contribution in [0, 0.1) is 12.3 Å². The standard InChI is InChI=1S/C13H14O4/c1-9-5-3-4-6-10(9)11(14)13(7-17-8-13)12(15)16-2/h3-6H,7-8H2,1-2H3. The van der Waals surface area contributed by atoms with Gasteiger partial charge in [0.05, 0.1) is 20.3 Å². The molecule has 0 atom stereocenters. The van der Waals surface area contributed by atoms with E-state index in [9.17, 15) is 9.59 Å². The number of ketones is 1. The van der Waals surface area contributed by atoms with Gasteiger partial charge in [-0.25, -0.2) is 0 Å². The van der Waals surface area contributed by atoms with Crippen molar-refractivity contribution in [2.45, 2.75) is 6.92 Å². The third-order valence-electron chi connectivity index (χ3n) is 3.10. The van der Waals surface area contributed by atoms with Crippen molar-refractivity contribution in [1.82, 2.24) is 0 Å². The van der Waals surface area contributed by atoms with E-state index in [4.69, 9.17) is 9.47 Å². The third kappa shape index (κ3) is 1.74. The monoisotopic (exact) mass is 234 g/mol. The van der Waals surface area contributed by atoms with E-state index >= 15 is 0 Å². The van der Waals surface area contributed by atoms with E-state index < -0.39 is 11.4 Å². The van der Waals surface area contributed by atoms with E-state index in [1.54, 1.807) is 12.1 Å². The van der Waals surface area contributed by atoms with Crippen molar-refractivity contribution < 1.29 is 19.1 Å². The lowest BCUT2D eigenvalue weighted by Gasteiger charge is -2.37. The molecule has 0 aliphatic carbocycles. The summed E-state index contributed by atoms with van der Waals surface area (Å²) in [5, 5.41) is 0. The number of hydrogen-bond acceptors (Lipinski definition) is 4. The molecule has 0 N–H and O–H groups in total. The maximum absolute atomic E-state index is 12.4. The predicted octanol–water partition coefficient (Wildman–Crippen LogP) is 1.37. The van der Waals surface area contributed by atoms with Gasteiger partial charge < -0.3 is 9.47 Å². The summed E-state index contributed by atoms with van der Waals surface area (Å²) >= 11 is 0. The van der Waals surface area contributed by atoms with Crippen LogP contribution in [0.25, 0.3) is 0 Å². The van der Waals surface area contributed by atoms with Crippen LogP contribution in [0.2, 0.25) is 0 Å². The Kier molecular flexibility index (Phi) is 2.98. The number of aryl methyl sites for hydroxylation is 1. The average molecular weight is 234 g/mol. The Bertz CT molecular complexity index is 460. The molecule has 2 rings (SSSR count). The Morgan fingerprint density at radius 2 is 1.94 bits per heavy atom. The summed E-state index contributed by atoms with van der Waals surface area (Å²) < 4.78 is 9.72. The summed E-state index contributed by atoms with van der Waals surface area (Å²) in [4.78, 5) is 24.1. The van der Waals surface area contributed by atoms with Crippen molar-refractivity contribution in [2.24, 2.45) is 5.41 Å². The van der Waals surface area contributed by atoms with Crippen molar-refractivity contribution in [3.8, 4) is 0 Å². The van der Waals surface area contributed by atoms with Gasteiger partial charge in [0.25, 0.3) is 0 Å². The molecule has 1 aromatic carbocycles. The first-order valence-corrected chi connectivity index (χ1v) is 5.38. The Hall–Kier alpha value is -1.68. The van der Waals surface area contributed by atoms with Gasteiger partial charge >= 0.3 is 5.97 Å². The Morgan fingerprint density at radius 1 is 1.29 bits per heavy atom. The fourth-order valence-corrected chi connectivity index (χ4v) is 1.93. The third-order valence-corrected chi connectivity index (χ3v) is 3.10. The van der Waals surface area contributed by atoms with Crippen LogP contribution in [-0.4, -0.2) is 32.1 Å². The summed E-state index contributed by atoms with van der Waals surface area (Å²) in [6.45, 7) is 2.05. The summed E-state index contributed by atoms with van der Waals surface area (Å²) in [5.41, 5.74) is 0.273. The van der Waals surface area contributed by atoms with Gasteiger partial charge in [0.1, 0.15) is 0 Å². The summed E-state index contributed by atoms with van der Waals surface area (Å²) in [7, 11) is 1.29. The first-order valence-electron chi connectivity index (χ1n) is 5.38. The molecule has 0 saturated carbocycles. The van der Waals surface area contributed by atoms with E-state index in [0.717, 1.165) is 5.56 Å². The van der Waals surface area contributed by atoms with Crippen LogP contribution < -0.4 is 0 Å². The second-order valence-corrected chi connectivity index (χ2v) is 4.21. The molecule has 0 bridgehead atoms. The molecule has 0 amide bonds. The van der Waals surface area contributed by atoms with Gasteiger partial charge in [-0.2, -0.15) is 0 Å². The zero-order valence-electron chi connectivity index (χ0n) is 9.86. The molecule has 1 saturated heterocycles. The van der Waals surface area contributed by atoms with Crippen molar-refractivity contribution in [3.05, 3.63) is 35.4 Å². The number of carbonyl (C=O) groups excluding carboxylic acids is 2. The molecule has 0 radical (unpaired) electrons. The average Bonchev–Trinajstić information content (AvgIpc) is 2.27. The van der Waals surface area contributed by atoms with Gasteiger partial charge in [0, 0.05) is 5.56 Å². The molecule has 0 spiro atoms. The van der Waals surface area contributed by atoms with Crippen LogP contribution >= 0.6 is 0 Å². The Balaban J connectivity index is 2.37. The summed E-state index contributed by atoms with van der Waals surface area (Å²) in [6, 6.07) is 7.21. The lowest BCUT2D eigenvalue weighted by molar-refractivity contribution is -0.172. The van der Waals surface area contributed by atoms with Gasteiger partial charge in [-0.05, 0) is 12.5 Å². The van der Waals surface area contributed by atoms with E-state index in [1.165, 1.54) is 7.11 Å². The lowest BCUT2D eigenvalue weighted by atomic mass is 9.77. The van der Waals surface area contributed by atoms with Gasteiger partial charge in [-0.15, -0.1) is 0 Å². The Labute approximate surface area is 99.5 Å². The number of esters is 1. The highest BCUT2D eigenvalue weighted by molar-refractivity contribution is 6.14. The molecule has 1 aromatic rings. The van der Waals surface area contributed by atoms with Gasteiger partial charge in [0.15, 0.2) is 11.2 Å². The molecule has 17 heavy (non-hydrogen) atoms. The molecule has 4 heteroatoms. The summed E-state index contributed by atoms with van der Waals surface area (Å²) in [6.07, 6.45) is 0. The minimum absolute atomic E-state index is 0.104. The molecule has 1 aliphatic rings. The van der Waals surface area contributed by atoms with Crippen molar-refractivity contribution in [1.29, 1.82) is 0 Å². The molecule has 1 heterocycles. The van der Waals surface area contributed by atoms with Crippen molar-refractivity contribution in [2.75, 3.05) is 20.3 Å². The number of rotatable bonds is 3. The number of methoxy groups -OCH3 is 1. The van der Waals surface area contributed by atoms with Gasteiger partial charge in [0.2, 0.25) is 0 Å². The molecule has 0 unspecified atom stereocenters. The molecule has 90 valence electrons. The van der Waals surface area contributed by atoms with Crippen LogP contribution in [0.4, 0.5) is 0 Å². The van der Waals surface area contributed by atoms with Crippen LogP contribution in [-0.2, 0) is 14.3 Å². The molecule has 0 aromatic heterocycles. The van der Waals surface area contributed by atoms with Crippen LogP contribution in [0.15, 0.2) is 24.3 Å². The lowest BCUT2D eigenvalue weighted by Crippen LogP contribution is -2.55. The SMILES string of the molecule is COC(=O)C1(C(=O)c2ccccc2C)COC1. The number of Topliss-reactive ketones (excluding diaryl/α,β-unsaturated/α-hetero) is 1. The highest BCUT2D eigenvalue weighted by Gasteiger charge is 2.54. The molecular weight excluding hydrogens is 220 g/mol. The number of hydrogen-bond donors (Lipinski definition) is 0. The highest BCUT2D eigenvalue weighted by Crippen LogP contribution is 2.33. The molecule has 1 aliphatic heterocycles. The van der Waals surface area contributed by atoms with Crippen LogP contribution in [0.3, 0.4) is 0 Å².